The van der Waals surface area contributed by atoms with Crippen LogP contribution in [0.1, 0.15) is 206 Å². The summed E-state index contributed by atoms with van der Waals surface area (Å²) in [5, 5.41) is 10.2. The van der Waals surface area contributed by atoms with E-state index in [0.717, 1.165) is 38.5 Å². The average molecular weight is 604 g/mol. The molecule has 0 aliphatic carbocycles. The van der Waals surface area contributed by atoms with Crippen LogP contribution in [0.25, 0.3) is 0 Å². The van der Waals surface area contributed by atoms with Gasteiger partial charge in [0.05, 0.1) is 0 Å². The third-order valence-electron chi connectivity index (χ3n) is 9.46. The van der Waals surface area contributed by atoms with E-state index in [1.165, 1.54) is 154 Å². The van der Waals surface area contributed by atoms with E-state index in [1.54, 1.807) is 0 Å². The van der Waals surface area contributed by atoms with Gasteiger partial charge >= 0.3 is 5.97 Å². The molecule has 43 heavy (non-hydrogen) atoms. The van der Waals surface area contributed by atoms with Gasteiger partial charge < -0.3 is 5.11 Å². The topological polar surface area (TPSA) is 40.5 Å². The summed E-state index contributed by atoms with van der Waals surface area (Å²) in [5.41, 5.74) is -0.693. The molecule has 3 heteroatoms. The largest absolute Gasteiger partial charge is 0.480 e. The van der Waals surface area contributed by atoms with E-state index >= 15 is 0 Å². The predicted octanol–water partition coefficient (Wildman–Crippen LogP) is 13.2. The summed E-state index contributed by atoms with van der Waals surface area (Å²) in [7, 11) is 3.93. The number of carbonyl (C=O) groups is 1. The molecule has 3 nitrogen and oxygen atoms in total. The highest BCUT2D eigenvalue weighted by molar-refractivity contribution is 5.78. The van der Waals surface area contributed by atoms with Gasteiger partial charge in [0.25, 0.3) is 0 Å². The standard InChI is InChI=1S/C40H77NO2/c1-5-7-9-11-13-15-17-19-21-23-25-27-29-31-33-35-37-40(39(42)43,41(3)4)38-36-34-32-30-28-26-24-22-20-18-16-14-12-10-8-6-2/h19-22H,5-18,23-38H2,1-4H3,(H,42,43). The molecule has 0 saturated heterocycles. The van der Waals surface area contributed by atoms with Gasteiger partial charge in [0.15, 0.2) is 0 Å². The van der Waals surface area contributed by atoms with Crippen molar-refractivity contribution in [3.8, 4) is 0 Å². The molecular formula is C40H77NO2. The Labute approximate surface area is 270 Å². The molecule has 0 bridgehead atoms. The molecule has 0 atom stereocenters. The van der Waals surface area contributed by atoms with Crippen molar-refractivity contribution < 1.29 is 9.90 Å². The van der Waals surface area contributed by atoms with Crippen molar-refractivity contribution >= 4 is 5.97 Å². The van der Waals surface area contributed by atoms with E-state index < -0.39 is 11.5 Å². The van der Waals surface area contributed by atoms with E-state index in [2.05, 4.69) is 38.2 Å². The Morgan fingerprint density at radius 1 is 0.465 bits per heavy atom. The molecule has 0 amide bonds. The fourth-order valence-electron chi connectivity index (χ4n) is 6.31. The number of rotatable bonds is 34. The summed E-state index contributed by atoms with van der Waals surface area (Å²) >= 11 is 0. The van der Waals surface area contributed by atoms with Crippen molar-refractivity contribution in [1.82, 2.24) is 4.90 Å². The Morgan fingerprint density at radius 2 is 0.721 bits per heavy atom. The van der Waals surface area contributed by atoms with Gasteiger partial charge in [-0.05, 0) is 78.3 Å². The van der Waals surface area contributed by atoms with Crippen LogP contribution in [0.3, 0.4) is 0 Å². The normalized spacial score (nSPS) is 13.5. The number of aliphatic carboxylic acids is 1. The Balaban J connectivity index is 3.86. The van der Waals surface area contributed by atoms with Crippen LogP contribution in [0, 0.1) is 0 Å². The molecule has 0 fully saturated rings. The number of likely N-dealkylation sites (N-methyl/N-ethyl adjacent to an activating group) is 1. The number of allylic oxidation sites excluding steroid dienone is 4. The zero-order valence-corrected chi connectivity index (χ0v) is 29.8. The van der Waals surface area contributed by atoms with Crippen molar-refractivity contribution in [2.24, 2.45) is 0 Å². The lowest BCUT2D eigenvalue weighted by Gasteiger charge is -2.36. The van der Waals surface area contributed by atoms with E-state index in [-0.39, 0.29) is 0 Å². The van der Waals surface area contributed by atoms with Gasteiger partial charge in [0, 0.05) is 0 Å². The fraction of sp³-hybridized carbons (Fsp3) is 0.875. The molecule has 254 valence electrons. The van der Waals surface area contributed by atoms with Crippen molar-refractivity contribution in [3.05, 3.63) is 24.3 Å². The first kappa shape index (κ1) is 41.9. The molecule has 0 aliphatic rings. The van der Waals surface area contributed by atoms with Crippen LogP contribution >= 0.6 is 0 Å². The van der Waals surface area contributed by atoms with Crippen LogP contribution in [0.4, 0.5) is 0 Å². The van der Waals surface area contributed by atoms with Crippen LogP contribution in [-0.4, -0.2) is 35.6 Å². The summed E-state index contributed by atoms with van der Waals surface area (Å²) in [6, 6.07) is 0. The summed E-state index contributed by atoms with van der Waals surface area (Å²) in [4.78, 5) is 14.4. The second kappa shape index (κ2) is 32.3. The number of carboxylic acids is 1. The number of carboxylic acid groups (broad SMARTS) is 1. The van der Waals surface area contributed by atoms with Crippen LogP contribution < -0.4 is 0 Å². The number of hydrogen-bond donors (Lipinski definition) is 1. The average Bonchev–Trinajstić information content (AvgIpc) is 2.99. The smallest absolute Gasteiger partial charge is 0.324 e. The Kier molecular flexibility index (Phi) is 31.5. The van der Waals surface area contributed by atoms with Gasteiger partial charge in [-0.25, -0.2) is 0 Å². The molecular weight excluding hydrogens is 526 g/mol. The van der Waals surface area contributed by atoms with Gasteiger partial charge in [-0.1, -0.05) is 167 Å². The van der Waals surface area contributed by atoms with Gasteiger partial charge in [-0.2, -0.15) is 0 Å². The lowest BCUT2D eigenvalue weighted by molar-refractivity contribution is -0.151. The minimum absolute atomic E-state index is 0.627. The molecule has 0 rings (SSSR count). The first-order valence-electron chi connectivity index (χ1n) is 19.2. The summed E-state index contributed by atoms with van der Waals surface area (Å²) in [5.74, 6) is -0.627. The second-order valence-electron chi connectivity index (χ2n) is 13.6. The number of hydrogen-bond acceptors (Lipinski definition) is 2. The first-order valence-corrected chi connectivity index (χ1v) is 19.2. The zero-order valence-electron chi connectivity index (χ0n) is 29.8. The molecule has 0 saturated carbocycles. The molecule has 0 aromatic heterocycles. The molecule has 0 spiro atoms. The minimum atomic E-state index is -0.693. The summed E-state index contributed by atoms with van der Waals surface area (Å²) in [6.45, 7) is 4.55. The Hall–Kier alpha value is -1.09. The van der Waals surface area contributed by atoms with Crippen LogP contribution in [0.15, 0.2) is 24.3 Å². The third-order valence-corrected chi connectivity index (χ3v) is 9.46. The Bertz CT molecular complexity index is 596. The van der Waals surface area contributed by atoms with Crippen LogP contribution in [0.2, 0.25) is 0 Å². The van der Waals surface area contributed by atoms with Gasteiger partial charge in [-0.15, -0.1) is 0 Å². The monoisotopic (exact) mass is 604 g/mol. The van der Waals surface area contributed by atoms with Crippen molar-refractivity contribution in [1.29, 1.82) is 0 Å². The lowest BCUT2D eigenvalue weighted by atomic mass is 9.85. The van der Waals surface area contributed by atoms with E-state index in [1.807, 2.05) is 19.0 Å². The van der Waals surface area contributed by atoms with E-state index in [0.29, 0.717) is 0 Å². The predicted molar refractivity (Wildman–Crippen MR) is 192 cm³/mol. The molecule has 0 aromatic carbocycles. The number of nitrogens with zero attached hydrogens (tertiary/aromatic N) is 1. The molecule has 1 N–H and O–H groups in total. The van der Waals surface area contributed by atoms with Crippen molar-refractivity contribution in [2.45, 2.75) is 212 Å². The molecule has 0 radical (unpaired) electrons. The number of unbranched alkanes of at least 4 members (excludes halogenated alkanes) is 24. The van der Waals surface area contributed by atoms with Gasteiger partial charge in [-0.3, -0.25) is 9.69 Å². The highest BCUT2D eigenvalue weighted by Crippen LogP contribution is 2.28. The fourth-order valence-corrected chi connectivity index (χ4v) is 6.31. The summed E-state index contributed by atoms with van der Waals surface area (Å²) in [6.07, 6.45) is 47.2. The maximum absolute atomic E-state index is 12.4. The maximum atomic E-state index is 12.4. The highest BCUT2D eigenvalue weighted by Gasteiger charge is 2.39. The molecule has 0 unspecified atom stereocenters. The van der Waals surface area contributed by atoms with Crippen molar-refractivity contribution in [3.63, 3.8) is 0 Å². The quantitative estimate of drug-likeness (QED) is 0.0587. The van der Waals surface area contributed by atoms with E-state index in [4.69, 9.17) is 0 Å². The lowest BCUT2D eigenvalue weighted by Crippen LogP contribution is -2.51. The highest BCUT2D eigenvalue weighted by atomic mass is 16.4. The van der Waals surface area contributed by atoms with E-state index in [9.17, 15) is 9.90 Å². The second-order valence-corrected chi connectivity index (χ2v) is 13.6. The Morgan fingerprint density at radius 3 is 0.977 bits per heavy atom. The SMILES string of the molecule is CCCCCCCCC=CCCCCCCCCC(CCCCCCCCC=CCCCCCCCC)(C(=O)O)N(C)C. The molecule has 0 heterocycles. The summed E-state index contributed by atoms with van der Waals surface area (Å²) < 4.78 is 0. The van der Waals surface area contributed by atoms with Crippen molar-refractivity contribution in [2.75, 3.05) is 14.1 Å². The van der Waals surface area contributed by atoms with Crippen LogP contribution in [0.5, 0.6) is 0 Å². The van der Waals surface area contributed by atoms with Crippen LogP contribution in [-0.2, 0) is 4.79 Å². The molecule has 0 aliphatic heterocycles. The minimum Gasteiger partial charge on any atom is -0.480 e. The zero-order chi connectivity index (χ0) is 31.7. The van der Waals surface area contributed by atoms with Gasteiger partial charge in [0.1, 0.15) is 5.54 Å². The first-order chi connectivity index (χ1) is 21.0. The third kappa shape index (κ3) is 25.9. The molecule has 0 aromatic rings. The van der Waals surface area contributed by atoms with Gasteiger partial charge in [0.2, 0.25) is 0 Å². The maximum Gasteiger partial charge on any atom is 0.324 e.